The van der Waals surface area contributed by atoms with Gasteiger partial charge in [0.25, 0.3) is 6.43 Å². The van der Waals surface area contributed by atoms with E-state index in [1.54, 1.807) is 6.20 Å². The summed E-state index contributed by atoms with van der Waals surface area (Å²) in [5, 5.41) is 7.11. The zero-order valence-corrected chi connectivity index (χ0v) is 13.6. The number of nitrogens with zero attached hydrogens (tertiary/aromatic N) is 4. The van der Waals surface area contributed by atoms with Crippen LogP contribution in [0.3, 0.4) is 0 Å². The Bertz CT molecular complexity index is 775. The summed E-state index contributed by atoms with van der Waals surface area (Å²) in [6.07, 6.45) is 2.61. The highest BCUT2D eigenvalue weighted by Crippen LogP contribution is 2.22. The van der Waals surface area contributed by atoms with Crippen molar-refractivity contribution in [3.63, 3.8) is 0 Å². The Hall–Kier alpha value is -2.68. The van der Waals surface area contributed by atoms with Crippen molar-refractivity contribution in [3.8, 4) is 11.4 Å². The number of imidazole rings is 1. The van der Waals surface area contributed by atoms with Crippen LogP contribution in [0.5, 0.6) is 0 Å². The van der Waals surface area contributed by atoms with E-state index in [2.05, 4.69) is 31.8 Å². The van der Waals surface area contributed by atoms with E-state index >= 15 is 0 Å². The number of hydrogen-bond acceptors (Lipinski definition) is 6. The average molecular weight is 348 g/mol. The van der Waals surface area contributed by atoms with Gasteiger partial charge in [-0.3, -0.25) is 5.41 Å². The van der Waals surface area contributed by atoms with Gasteiger partial charge < -0.3 is 14.6 Å². The fraction of sp³-hybridized carbons (Fsp3) is 0.375. The largest absolute Gasteiger partial charge is 0.377 e. The maximum atomic E-state index is 12.3. The Morgan fingerprint density at radius 3 is 3.04 bits per heavy atom. The lowest BCUT2D eigenvalue weighted by Crippen LogP contribution is -2.44. The summed E-state index contributed by atoms with van der Waals surface area (Å²) in [6, 6.07) is 2.07. The molecule has 0 aliphatic carbocycles. The maximum absolute atomic E-state index is 12.3. The third-order valence-corrected chi connectivity index (χ3v) is 3.84. The number of aromatic nitrogens is 4. The van der Waals surface area contributed by atoms with Crippen molar-refractivity contribution in [2.75, 3.05) is 24.7 Å². The smallest absolute Gasteiger partial charge is 0.279 e. The lowest BCUT2D eigenvalue weighted by molar-refractivity contribution is 0.0985. The fourth-order valence-electron chi connectivity index (χ4n) is 2.51. The van der Waals surface area contributed by atoms with Crippen LogP contribution in [-0.2, 0) is 4.74 Å². The maximum Gasteiger partial charge on any atom is 0.279 e. The van der Waals surface area contributed by atoms with E-state index < -0.39 is 12.1 Å². The molecule has 0 radical (unpaired) electrons. The molecule has 0 spiro atoms. The minimum absolute atomic E-state index is 0.220. The van der Waals surface area contributed by atoms with Gasteiger partial charge in [-0.25, -0.2) is 23.7 Å². The van der Waals surface area contributed by atoms with Crippen molar-refractivity contribution < 1.29 is 13.5 Å². The number of ether oxygens (including phenoxy) is 1. The molecule has 9 heteroatoms. The Kier molecular flexibility index (Phi) is 5.13. The second-order valence-corrected chi connectivity index (χ2v) is 5.65. The number of aromatic amines is 1. The molecule has 3 heterocycles. The molecule has 3 rings (SSSR count). The molecule has 1 saturated heterocycles. The zero-order valence-electron chi connectivity index (χ0n) is 13.6. The minimum Gasteiger partial charge on any atom is -0.377 e. The van der Waals surface area contributed by atoms with E-state index in [9.17, 15) is 8.78 Å². The van der Waals surface area contributed by atoms with Gasteiger partial charge in [0, 0.05) is 12.6 Å². The Labute approximate surface area is 143 Å². The number of allylic oxidation sites excluding steroid dienone is 1. The van der Waals surface area contributed by atoms with E-state index in [0.29, 0.717) is 30.4 Å². The lowest BCUT2D eigenvalue weighted by atomic mass is 10.2. The molecule has 25 heavy (non-hydrogen) atoms. The number of anilines is 1. The van der Waals surface area contributed by atoms with Crippen molar-refractivity contribution in [3.05, 3.63) is 30.5 Å². The number of hydrogen-bond donors (Lipinski definition) is 2. The summed E-state index contributed by atoms with van der Waals surface area (Å²) in [7, 11) is 0. The topological polar surface area (TPSA) is 90.8 Å². The van der Waals surface area contributed by atoms with Crippen LogP contribution < -0.4 is 4.90 Å². The van der Waals surface area contributed by atoms with Crippen LogP contribution in [0.1, 0.15) is 12.7 Å². The predicted octanol–water partition coefficient (Wildman–Crippen LogP) is 2.39. The van der Waals surface area contributed by atoms with Gasteiger partial charge in [-0.05, 0) is 19.1 Å². The van der Waals surface area contributed by atoms with Crippen LogP contribution in [0.15, 0.2) is 24.7 Å². The van der Waals surface area contributed by atoms with Crippen LogP contribution in [0.4, 0.5) is 14.6 Å². The third-order valence-electron chi connectivity index (χ3n) is 3.84. The molecular weight excluding hydrogens is 330 g/mol. The SMILES string of the molecule is C[C@H]1COCCN1c1cc(-c2cnc(/C=C\C(=N)C(F)F)[nH]2)ncn1. The number of H-pyrrole nitrogens is 1. The molecule has 132 valence electrons. The Morgan fingerprint density at radius 2 is 2.28 bits per heavy atom. The first-order valence-electron chi connectivity index (χ1n) is 7.81. The van der Waals surface area contributed by atoms with Crippen molar-refractivity contribution in [1.82, 2.24) is 19.9 Å². The highest BCUT2D eigenvalue weighted by atomic mass is 19.3. The summed E-state index contributed by atoms with van der Waals surface area (Å²) in [4.78, 5) is 17.8. The van der Waals surface area contributed by atoms with Crippen LogP contribution in [0.2, 0.25) is 0 Å². The van der Waals surface area contributed by atoms with Gasteiger partial charge in [-0.2, -0.15) is 0 Å². The molecule has 0 bridgehead atoms. The number of morpholine rings is 1. The number of halogens is 2. The van der Waals surface area contributed by atoms with E-state index in [-0.39, 0.29) is 6.04 Å². The molecule has 1 aliphatic heterocycles. The number of rotatable bonds is 5. The minimum atomic E-state index is -2.80. The monoisotopic (exact) mass is 348 g/mol. The van der Waals surface area contributed by atoms with Crippen molar-refractivity contribution >= 4 is 17.6 Å². The van der Waals surface area contributed by atoms with E-state index in [4.69, 9.17) is 10.1 Å². The summed E-state index contributed by atoms with van der Waals surface area (Å²) >= 11 is 0. The molecule has 0 saturated carbocycles. The van der Waals surface area contributed by atoms with Crippen LogP contribution in [0.25, 0.3) is 17.5 Å². The van der Waals surface area contributed by atoms with Gasteiger partial charge in [-0.1, -0.05) is 0 Å². The molecule has 2 N–H and O–H groups in total. The second-order valence-electron chi connectivity index (χ2n) is 5.65. The number of alkyl halides is 2. The summed E-state index contributed by atoms with van der Waals surface area (Å²) in [5.41, 5.74) is 0.538. The zero-order chi connectivity index (χ0) is 17.8. The van der Waals surface area contributed by atoms with Gasteiger partial charge in [0.05, 0.1) is 42.6 Å². The number of nitrogens with one attached hydrogen (secondary N) is 2. The highest BCUT2D eigenvalue weighted by molar-refractivity contribution is 5.97. The van der Waals surface area contributed by atoms with E-state index in [1.807, 2.05) is 6.07 Å². The van der Waals surface area contributed by atoms with Gasteiger partial charge >= 0.3 is 0 Å². The molecule has 0 aromatic carbocycles. The van der Waals surface area contributed by atoms with Crippen molar-refractivity contribution in [1.29, 1.82) is 5.41 Å². The van der Waals surface area contributed by atoms with E-state index in [1.165, 1.54) is 12.4 Å². The van der Waals surface area contributed by atoms with Gasteiger partial charge in [0.2, 0.25) is 0 Å². The standard InChI is InChI=1S/C16H18F2N6O/c1-10-8-25-5-4-24(10)15-6-12(21-9-22-15)13-7-20-14(23-13)3-2-11(19)16(17)18/h2-3,6-7,9-10,16,19H,4-5,8H2,1H3,(H,20,23)/b3-2-,19-11?/t10-/m0/s1. The molecule has 7 nitrogen and oxygen atoms in total. The molecule has 1 atom stereocenters. The molecular formula is C16H18F2N6O. The molecule has 0 unspecified atom stereocenters. The van der Waals surface area contributed by atoms with Gasteiger partial charge in [0.15, 0.2) is 0 Å². The van der Waals surface area contributed by atoms with Gasteiger partial charge in [-0.15, -0.1) is 0 Å². The second kappa shape index (κ2) is 7.47. The quantitative estimate of drug-likeness (QED) is 0.810. The van der Waals surface area contributed by atoms with Crippen LogP contribution >= 0.6 is 0 Å². The molecule has 2 aromatic rings. The summed E-state index contributed by atoms with van der Waals surface area (Å²) in [5.74, 6) is 1.17. The highest BCUT2D eigenvalue weighted by Gasteiger charge is 2.20. The average Bonchev–Trinajstić information content (AvgIpc) is 3.09. The van der Waals surface area contributed by atoms with Crippen LogP contribution in [-0.4, -0.2) is 57.9 Å². The van der Waals surface area contributed by atoms with Crippen LogP contribution in [0, 0.1) is 5.41 Å². The normalized spacial score (nSPS) is 18.2. The summed E-state index contributed by atoms with van der Waals surface area (Å²) < 4.78 is 30.1. The Balaban J connectivity index is 1.79. The van der Waals surface area contributed by atoms with E-state index in [0.717, 1.165) is 18.4 Å². The summed E-state index contributed by atoms with van der Waals surface area (Å²) in [6.45, 7) is 4.12. The molecule has 0 amide bonds. The Morgan fingerprint density at radius 1 is 1.44 bits per heavy atom. The van der Waals surface area contributed by atoms with Crippen molar-refractivity contribution in [2.45, 2.75) is 19.4 Å². The lowest BCUT2D eigenvalue weighted by Gasteiger charge is -2.34. The molecule has 1 fully saturated rings. The first-order valence-corrected chi connectivity index (χ1v) is 7.81. The third kappa shape index (κ3) is 4.05. The predicted molar refractivity (Wildman–Crippen MR) is 90.0 cm³/mol. The molecule has 1 aliphatic rings. The fourth-order valence-corrected chi connectivity index (χ4v) is 2.51. The first kappa shape index (κ1) is 17.2. The van der Waals surface area contributed by atoms with Crippen molar-refractivity contribution in [2.24, 2.45) is 0 Å². The van der Waals surface area contributed by atoms with Gasteiger partial charge in [0.1, 0.15) is 18.0 Å². The first-order chi connectivity index (χ1) is 12.0. The molecule has 2 aromatic heterocycles.